The van der Waals surface area contributed by atoms with Crippen LogP contribution in [0.3, 0.4) is 0 Å². The van der Waals surface area contributed by atoms with Gasteiger partial charge in [-0.05, 0) is 30.7 Å². The lowest BCUT2D eigenvalue weighted by Gasteiger charge is -2.15. The highest BCUT2D eigenvalue weighted by Gasteiger charge is 2.18. The van der Waals surface area contributed by atoms with Crippen LogP contribution in [0.2, 0.25) is 10.0 Å². The molecule has 1 N–H and O–H groups in total. The van der Waals surface area contributed by atoms with E-state index in [-0.39, 0.29) is 6.61 Å². The van der Waals surface area contributed by atoms with Gasteiger partial charge in [-0.3, -0.25) is 9.97 Å². The van der Waals surface area contributed by atoms with Crippen LogP contribution in [0.4, 0.5) is 5.69 Å². The van der Waals surface area contributed by atoms with Gasteiger partial charge in [0.2, 0.25) is 0 Å². The molecule has 0 spiro atoms. The van der Waals surface area contributed by atoms with Crippen molar-refractivity contribution in [3.63, 3.8) is 0 Å². The van der Waals surface area contributed by atoms with Crippen molar-refractivity contribution in [2.24, 2.45) is 0 Å². The number of aromatic nitrogens is 2. The van der Waals surface area contributed by atoms with Crippen LogP contribution >= 0.6 is 23.2 Å². The average molecular weight is 376 g/mol. The third kappa shape index (κ3) is 3.67. The first-order valence-electron chi connectivity index (χ1n) is 7.68. The molecule has 0 saturated carbocycles. The fourth-order valence-corrected chi connectivity index (χ4v) is 2.82. The number of hydrogen-bond acceptors (Lipinski definition) is 5. The van der Waals surface area contributed by atoms with E-state index in [1.807, 2.05) is 12.1 Å². The maximum absolute atomic E-state index is 12.3. The number of benzene rings is 1. The molecule has 7 heteroatoms. The van der Waals surface area contributed by atoms with Crippen LogP contribution in [-0.4, -0.2) is 22.5 Å². The fourth-order valence-electron chi connectivity index (χ4n) is 2.45. The minimum Gasteiger partial charge on any atom is -0.462 e. The number of pyridine rings is 2. The number of rotatable bonds is 5. The van der Waals surface area contributed by atoms with Gasteiger partial charge in [-0.25, -0.2) is 4.79 Å². The molecule has 0 aliphatic rings. The molecule has 2 aromatic heterocycles. The van der Waals surface area contributed by atoms with Gasteiger partial charge in [0.1, 0.15) is 5.56 Å². The highest BCUT2D eigenvalue weighted by Crippen LogP contribution is 2.35. The predicted octanol–water partition coefficient (Wildman–Crippen LogP) is 4.73. The minimum absolute atomic E-state index is 0.278. The van der Waals surface area contributed by atoms with Crippen LogP contribution in [-0.2, 0) is 11.3 Å². The van der Waals surface area contributed by atoms with E-state index in [2.05, 4.69) is 15.3 Å². The third-order valence-corrected chi connectivity index (χ3v) is 4.41. The second kappa shape index (κ2) is 7.68. The molecule has 0 unspecified atom stereocenters. The molecule has 5 nitrogen and oxygen atoms in total. The van der Waals surface area contributed by atoms with Gasteiger partial charge in [-0.15, -0.1) is 0 Å². The fraction of sp³-hybridized carbons (Fsp3) is 0.167. The summed E-state index contributed by atoms with van der Waals surface area (Å²) in [6.07, 6.45) is 4.91. The molecule has 0 amide bonds. The Bertz CT molecular complexity index is 917. The predicted molar refractivity (Wildman–Crippen MR) is 99.3 cm³/mol. The van der Waals surface area contributed by atoms with E-state index >= 15 is 0 Å². The number of esters is 1. The molecule has 0 atom stereocenters. The molecule has 25 heavy (non-hydrogen) atoms. The Morgan fingerprint density at radius 1 is 1.24 bits per heavy atom. The molecule has 3 aromatic rings. The summed E-state index contributed by atoms with van der Waals surface area (Å²) < 4.78 is 5.13. The maximum atomic E-state index is 12.3. The number of halogens is 2. The molecular weight excluding hydrogens is 361 g/mol. The molecule has 0 radical (unpaired) electrons. The van der Waals surface area contributed by atoms with Gasteiger partial charge >= 0.3 is 5.97 Å². The molecule has 0 aliphatic heterocycles. The number of carbonyl (C=O) groups excluding carboxylic acids is 1. The van der Waals surface area contributed by atoms with Crippen molar-refractivity contribution in [3.05, 3.63) is 64.0 Å². The standard InChI is InChI=1S/C18H15Cl2N3O2/c1-2-25-18(24)13-10-23-17-12(5-6-14(19)15(17)20)16(13)22-9-11-4-3-7-21-8-11/h3-8,10H,2,9H2,1H3,(H,22,23). The highest BCUT2D eigenvalue weighted by atomic mass is 35.5. The number of anilines is 1. The minimum atomic E-state index is -0.448. The zero-order chi connectivity index (χ0) is 17.8. The molecule has 3 rings (SSSR count). The van der Waals surface area contributed by atoms with Crippen LogP contribution in [0.5, 0.6) is 0 Å². The molecule has 2 heterocycles. The SMILES string of the molecule is CCOC(=O)c1cnc2c(Cl)c(Cl)ccc2c1NCc1cccnc1. The van der Waals surface area contributed by atoms with Gasteiger partial charge in [-0.2, -0.15) is 0 Å². The van der Waals surface area contributed by atoms with Crippen molar-refractivity contribution in [1.29, 1.82) is 0 Å². The van der Waals surface area contributed by atoms with Gasteiger partial charge in [0.05, 0.1) is 27.9 Å². The molecule has 0 aliphatic carbocycles. The van der Waals surface area contributed by atoms with E-state index in [1.165, 1.54) is 6.20 Å². The van der Waals surface area contributed by atoms with Crippen LogP contribution in [0.15, 0.2) is 42.9 Å². The first-order valence-corrected chi connectivity index (χ1v) is 8.44. The van der Waals surface area contributed by atoms with Crippen LogP contribution in [0.25, 0.3) is 10.9 Å². The first kappa shape index (κ1) is 17.5. The van der Waals surface area contributed by atoms with Gasteiger partial charge in [0.15, 0.2) is 0 Å². The quantitative estimate of drug-likeness (QED) is 0.653. The second-order valence-corrected chi connectivity index (χ2v) is 6.02. The monoisotopic (exact) mass is 375 g/mol. The number of fused-ring (bicyclic) bond motifs is 1. The van der Waals surface area contributed by atoms with Crippen molar-refractivity contribution in [2.45, 2.75) is 13.5 Å². The summed E-state index contributed by atoms with van der Waals surface area (Å²) in [6.45, 7) is 2.52. The lowest BCUT2D eigenvalue weighted by Crippen LogP contribution is -2.11. The van der Waals surface area contributed by atoms with Crippen LogP contribution < -0.4 is 5.32 Å². The van der Waals surface area contributed by atoms with Gasteiger partial charge in [0, 0.05) is 30.5 Å². The van der Waals surface area contributed by atoms with Gasteiger partial charge < -0.3 is 10.1 Å². The average Bonchev–Trinajstić information content (AvgIpc) is 2.63. The number of nitrogens with one attached hydrogen (secondary N) is 1. The summed E-state index contributed by atoms with van der Waals surface area (Å²) in [5, 5.41) is 4.73. The van der Waals surface area contributed by atoms with E-state index in [1.54, 1.807) is 31.5 Å². The van der Waals surface area contributed by atoms with Crippen molar-refractivity contribution in [2.75, 3.05) is 11.9 Å². The second-order valence-electron chi connectivity index (χ2n) is 5.24. The molecule has 1 aromatic carbocycles. The van der Waals surface area contributed by atoms with Crippen molar-refractivity contribution in [1.82, 2.24) is 9.97 Å². The van der Waals surface area contributed by atoms with Crippen molar-refractivity contribution in [3.8, 4) is 0 Å². The summed E-state index contributed by atoms with van der Waals surface area (Å²) in [4.78, 5) is 20.7. The van der Waals surface area contributed by atoms with E-state index in [4.69, 9.17) is 27.9 Å². The number of hydrogen-bond donors (Lipinski definition) is 1. The lowest BCUT2D eigenvalue weighted by atomic mass is 10.1. The Hall–Kier alpha value is -2.37. The van der Waals surface area contributed by atoms with Gasteiger partial charge in [0.25, 0.3) is 0 Å². The van der Waals surface area contributed by atoms with E-state index in [9.17, 15) is 4.79 Å². The van der Waals surface area contributed by atoms with E-state index < -0.39 is 5.97 Å². The summed E-state index contributed by atoms with van der Waals surface area (Å²) >= 11 is 12.3. The zero-order valence-corrected chi connectivity index (χ0v) is 14.9. The first-order chi connectivity index (χ1) is 12.1. The maximum Gasteiger partial charge on any atom is 0.341 e. The molecule has 0 fully saturated rings. The highest BCUT2D eigenvalue weighted by molar-refractivity contribution is 6.45. The summed E-state index contributed by atoms with van der Waals surface area (Å²) in [5.74, 6) is -0.448. The molecule has 0 saturated heterocycles. The van der Waals surface area contributed by atoms with E-state index in [0.29, 0.717) is 38.7 Å². The Kier molecular flexibility index (Phi) is 5.36. The van der Waals surface area contributed by atoms with Gasteiger partial charge in [-0.1, -0.05) is 29.3 Å². The zero-order valence-electron chi connectivity index (χ0n) is 13.4. The van der Waals surface area contributed by atoms with Crippen molar-refractivity contribution >= 4 is 45.8 Å². The summed E-state index contributed by atoms with van der Waals surface area (Å²) in [7, 11) is 0. The molecular formula is C18H15Cl2N3O2. The number of nitrogens with zero attached hydrogens (tertiary/aromatic N) is 2. The summed E-state index contributed by atoms with van der Waals surface area (Å²) in [5.41, 5.74) is 2.45. The van der Waals surface area contributed by atoms with Crippen LogP contribution in [0, 0.1) is 0 Å². The number of carbonyl (C=O) groups is 1. The topological polar surface area (TPSA) is 64.1 Å². The normalized spacial score (nSPS) is 10.7. The Morgan fingerprint density at radius 3 is 2.80 bits per heavy atom. The van der Waals surface area contributed by atoms with Crippen LogP contribution in [0.1, 0.15) is 22.8 Å². The lowest BCUT2D eigenvalue weighted by molar-refractivity contribution is 0.0527. The largest absolute Gasteiger partial charge is 0.462 e. The Balaban J connectivity index is 2.08. The summed E-state index contributed by atoms with van der Waals surface area (Å²) in [6, 6.07) is 7.25. The van der Waals surface area contributed by atoms with Crippen molar-refractivity contribution < 1.29 is 9.53 Å². The molecule has 128 valence electrons. The third-order valence-electron chi connectivity index (χ3n) is 3.62. The number of ether oxygens (including phenoxy) is 1. The Labute approximate surface area is 155 Å². The van der Waals surface area contributed by atoms with E-state index in [0.717, 1.165) is 5.56 Å². The Morgan fingerprint density at radius 2 is 2.08 bits per heavy atom. The molecule has 0 bridgehead atoms. The smallest absolute Gasteiger partial charge is 0.341 e.